The molecule has 0 bridgehead atoms. The Morgan fingerprint density at radius 2 is 2.10 bits per heavy atom. The van der Waals surface area contributed by atoms with Crippen LogP contribution in [-0.2, 0) is 0 Å². The van der Waals surface area contributed by atoms with Gasteiger partial charge in [-0.05, 0) is 43.0 Å². The van der Waals surface area contributed by atoms with E-state index < -0.39 is 0 Å². The first-order valence-electron chi connectivity index (χ1n) is 7.91. The highest BCUT2D eigenvalue weighted by molar-refractivity contribution is 5.79. The molecule has 3 rings (SSSR count). The Morgan fingerprint density at radius 1 is 1.29 bits per heavy atom. The quantitative estimate of drug-likeness (QED) is 0.940. The number of rotatable bonds is 3. The van der Waals surface area contributed by atoms with Gasteiger partial charge in [-0.25, -0.2) is 0 Å². The molecule has 0 radical (unpaired) electrons. The molecule has 0 spiro atoms. The van der Waals surface area contributed by atoms with Crippen LogP contribution in [0.15, 0.2) is 30.3 Å². The predicted octanol–water partition coefficient (Wildman–Crippen LogP) is 3.27. The molecule has 2 atom stereocenters. The van der Waals surface area contributed by atoms with Crippen LogP contribution in [0, 0.1) is 12.8 Å². The first-order chi connectivity index (χ1) is 10.0. The van der Waals surface area contributed by atoms with E-state index in [0.717, 1.165) is 30.7 Å². The van der Waals surface area contributed by atoms with Gasteiger partial charge in [0.25, 0.3) is 0 Å². The van der Waals surface area contributed by atoms with E-state index in [1.165, 1.54) is 10.9 Å². The molecule has 0 saturated carbocycles. The Labute approximate surface area is 127 Å². The van der Waals surface area contributed by atoms with Gasteiger partial charge in [0.2, 0.25) is 0 Å². The van der Waals surface area contributed by atoms with Crippen molar-refractivity contribution in [1.82, 2.24) is 9.88 Å². The van der Waals surface area contributed by atoms with Crippen molar-refractivity contribution in [3.8, 4) is 0 Å². The molecular weight excluding hydrogens is 258 g/mol. The van der Waals surface area contributed by atoms with Crippen LogP contribution in [-0.4, -0.2) is 29.0 Å². The standard InChI is InChI=1S/C18H25N3/c1-12(2)11-21-9-8-16(19)18(21)15-6-7-17-14(10-15)5-4-13(3)20-17/h4-7,10,12,16,18H,8-9,11,19H2,1-3H3. The Balaban J connectivity index is 1.95. The monoisotopic (exact) mass is 283 g/mol. The van der Waals surface area contributed by atoms with Crippen molar-refractivity contribution in [2.75, 3.05) is 13.1 Å². The number of aromatic nitrogens is 1. The van der Waals surface area contributed by atoms with Gasteiger partial charge in [-0.15, -0.1) is 0 Å². The molecule has 2 heterocycles. The zero-order valence-electron chi connectivity index (χ0n) is 13.2. The lowest BCUT2D eigenvalue weighted by Crippen LogP contribution is -2.33. The number of pyridine rings is 1. The summed E-state index contributed by atoms with van der Waals surface area (Å²) in [4.78, 5) is 7.12. The molecule has 1 fully saturated rings. The Hall–Kier alpha value is -1.45. The molecule has 3 heteroatoms. The van der Waals surface area contributed by atoms with Crippen molar-refractivity contribution in [2.45, 2.75) is 39.3 Å². The number of nitrogens with zero attached hydrogens (tertiary/aromatic N) is 2. The van der Waals surface area contributed by atoms with Crippen LogP contribution < -0.4 is 5.73 Å². The molecule has 1 aromatic carbocycles. The van der Waals surface area contributed by atoms with Gasteiger partial charge >= 0.3 is 0 Å². The van der Waals surface area contributed by atoms with E-state index in [9.17, 15) is 0 Å². The SMILES string of the molecule is Cc1ccc2cc(C3C(N)CCN3CC(C)C)ccc2n1. The second-order valence-corrected chi connectivity index (χ2v) is 6.69. The number of aryl methyl sites for hydroxylation is 1. The van der Waals surface area contributed by atoms with Gasteiger partial charge in [-0.1, -0.05) is 26.0 Å². The number of nitrogens with two attached hydrogens (primary N) is 1. The third kappa shape index (κ3) is 2.94. The highest BCUT2D eigenvalue weighted by Crippen LogP contribution is 2.33. The number of likely N-dealkylation sites (tertiary alicyclic amines) is 1. The maximum absolute atomic E-state index is 6.39. The summed E-state index contributed by atoms with van der Waals surface area (Å²) in [6.07, 6.45) is 1.08. The van der Waals surface area contributed by atoms with Crippen molar-refractivity contribution in [2.24, 2.45) is 11.7 Å². The molecule has 2 N–H and O–H groups in total. The summed E-state index contributed by atoms with van der Waals surface area (Å²) in [6.45, 7) is 8.79. The molecule has 2 aromatic rings. The second kappa shape index (κ2) is 5.74. The van der Waals surface area contributed by atoms with Crippen LogP contribution in [0.4, 0.5) is 0 Å². The first-order valence-corrected chi connectivity index (χ1v) is 7.91. The molecular formula is C18H25N3. The topological polar surface area (TPSA) is 42.1 Å². The minimum Gasteiger partial charge on any atom is -0.326 e. The van der Waals surface area contributed by atoms with Crippen LogP contribution in [0.3, 0.4) is 0 Å². The van der Waals surface area contributed by atoms with E-state index in [1.807, 2.05) is 6.92 Å². The summed E-state index contributed by atoms with van der Waals surface area (Å²) < 4.78 is 0. The fraction of sp³-hybridized carbons (Fsp3) is 0.500. The van der Waals surface area contributed by atoms with Gasteiger partial charge in [0.1, 0.15) is 0 Å². The van der Waals surface area contributed by atoms with Crippen molar-refractivity contribution >= 4 is 10.9 Å². The molecule has 0 amide bonds. The van der Waals surface area contributed by atoms with Gasteiger partial charge < -0.3 is 5.73 Å². The van der Waals surface area contributed by atoms with E-state index in [4.69, 9.17) is 5.73 Å². The molecule has 1 aromatic heterocycles. The smallest absolute Gasteiger partial charge is 0.0705 e. The molecule has 112 valence electrons. The summed E-state index contributed by atoms with van der Waals surface area (Å²) in [5, 5.41) is 1.21. The van der Waals surface area contributed by atoms with Gasteiger partial charge in [-0.2, -0.15) is 0 Å². The zero-order chi connectivity index (χ0) is 15.0. The highest BCUT2D eigenvalue weighted by Gasteiger charge is 2.33. The summed E-state index contributed by atoms with van der Waals surface area (Å²) in [5.74, 6) is 0.669. The molecule has 21 heavy (non-hydrogen) atoms. The fourth-order valence-electron chi connectivity index (χ4n) is 3.44. The van der Waals surface area contributed by atoms with Gasteiger partial charge in [0.05, 0.1) is 5.52 Å². The Bertz CT molecular complexity index is 635. The number of hydrogen-bond acceptors (Lipinski definition) is 3. The maximum atomic E-state index is 6.39. The normalized spacial score (nSPS) is 23.3. The lowest BCUT2D eigenvalue weighted by Gasteiger charge is -2.28. The van der Waals surface area contributed by atoms with E-state index in [1.54, 1.807) is 0 Å². The highest BCUT2D eigenvalue weighted by atomic mass is 15.2. The molecule has 3 nitrogen and oxygen atoms in total. The summed E-state index contributed by atoms with van der Waals surface area (Å²) in [7, 11) is 0. The molecule has 0 aliphatic carbocycles. The Kier molecular flexibility index (Phi) is 3.96. The average molecular weight is 283 g/mol. The fourth-order valence-corrected chi connectivity index (χ4v) is 3.44. The number of fused-ring (bicyclic) bond motifs is 1. The van der Waals surface area contributed by atoms with Crippen molar-refractivity contribution in [1.29, 1.82) is 0 Å². The van der Waals surface area contributed by atoms with E-state index >= 15 is 0 Å². The van der Waals surface area contributed by atoms with E-state index in [2.05, 4.69) is 54.1 Å². The van der Waals surface area contributed by atoms with Crippen molar-refractivity contribution in [3.63, 3.8) is 0 Å². The minimum absolute atomic E-state index is 0.236. The van der Waals surface area contributed by atoms with Crippen LogP contribution >= 0.6 is 0 Å². The number of benzene rings is 1. The van der Waals surface area contributed by atoms with Crippen LogP contribution in [0.1, 0.15) is 37.6 Å². The van der Waals surface area contributed by atoms with E-state index in [0.29, 0.717) is 12.0 Å². The summed E-state index contributed by atoms with van der Waals surface area (Å²) in [5.41, 5.74) is 9.85. The summed E-state index contributed by atoms with van der Waals surface area (Å²) >= 11 is 0. The van der Waals surface area contributed by atoms with Crippen molar-refractivity contribution < 1.29 is 0 Å². The third-order valence-corrected chi connectivity index (χ3v) is 4.34. The molecule has 2 unspecified atom stereocenters. The van der Waals surface area contributed by atoms with Gasteiger partial charge in [-0.3, -0.25) is 9.88 Å². The maximum Gasteiger partial charge on any atom is 0.0705 e. The van der Waals surface area contributed by atoms with Crippen LogP contribution in [0.25, 0.3) is 10.9 Å². The van der Waals surface area contributed by atoms with E-state index in [-0.39, 0.29) is 6.04 Å². The zero-order valence-corrected chi connectivity index (χ0v) is 13.2. The number of hydrogen-bond donors (Lipinski definition) is 1. The predicted molar refractivity (Wildman–Crippen MR) is 88.2 cm³/mol. The van der Waals surface area contributed by atoms with Gasteiger partial charge in [0, 0.05) is 36.3 Å². The lowest BCUT2D eigenvalue weighted by molar-refractivity contribution is 0.221. The van der Waals surface area contributed by atoms with Crippen molar-refractivity contribution in [3.05, 3.63) is 41.6 Å². The summed E-state index contributed by atoms with van der Waals surface area (Å²) in [6, 6.07) is 11.4. The molecule has 1 aliphatic heterocycles. The van der Waals surface area contributed by atoms with Crippen LogP contribution in [0.2, 0.25) is 0 Å². The third-order valence-electron chi connectivity index (χ3n) is 4.34. The Morgan fingerprint density at radius 3 is 2.86 bits per heavy atom. The largest absolute Gasteiger partial charge is 0.326 e. The minimum atomic E-state index is 0.236. The molecule has 1 saturated heterocycles. The lowest BCUT2D eigenvalue weighted by atomic mass is 9.98. The first kappa shape index (κ1) is 14.5. The van der Waals surface area contributed by atoms with Crippen LogP contribution in [0.5, 0.6) is 0 Å². The second-order valence-electron chi connectivity index (χ2n) is 6.69. The molecule has 1 aliphatic rings. The average Bonchev–Trinajstić information content (AvgIpc) is 2.78. The van der Waals surface area contributed by atoms with Gasteiger partial charge in [0.15, 0.2) is 0 Å².